The predicted molar refractivity (Wildman–Crippen MR) is 128 cm³/mol. The minimum absolute atomic E-state index is 0.289. The Labute approximate surface area is 192 Å². The van der Waals surface area contributed by atoms with Gasteiger partial charge in [-0.1, -0.05) is 60.7 Å². The van der Waals surface area contributed by atoms with Crippen molar-refractivity contribution >= 4 is 35.7 Å². The summed E-state index contributed by atoms with van der Waals surface area (Å²) in [7, 11) is 0. The maximum absolute atomic E-state index is 11.6. The molecule has 0 spiro atoms. The molecule has 2 rings (SSSR count). The van der Waals surface area contributed by atoms with Crippen LogP contribution in [0.4, 0.5) is 9.59 Å². The van der Waals surface area contributed by atoms with Crippen LogP contribution in [0.3, 0.4) is 0 Å². The first-order valence-electron chi connectivity index (χ1n) is 10.3. The topological polar surface area (TPSA) is 76.7 Å². The lowest BCUT2D eigenvalue weighted by Crippen LogP contribution is -2.25. The summed E-state index contributed by atoms with van der Waals surface area (Å²) in [5, 5.41) is 6.54. The van der Waals surface area contributed by atoms with Gasteiger partial charge in [-0.15, -0.1) is 0 Å². The van der Waals surface area contributed by atoms with E-state index in [0.717, 1.165) is 40.6 Å². The maximum Gasteiger partial charge on any atom is 0.407 e. The van der Waals surface area contributed by atoms with Crippen LogP contribution < -0.4 is 10.6 Å². The first-order valence-corrected chi connectivity index (χ1v) is 12.6. The van der Waals surface area contributed by atoms with Gasteiger partial charge in [0, 0.05) is 18.2 Å². The van der Waals surface area contributed by atoms with Crippen LogP contribution in [0, 0.1) is 0 Å². The molecule has 0 unspecified atom stereocenters. The van der Waals surface area contributed by atoms with Crippen LogP contribution in [0.1, 0.15) is 24.0 Å². The number of rotatable bonds is 14. The molecule has 2 aromatic carbocycles. The average Bonchev–Trinajstić information content (AvgIpc) is 2.81. The molecule has 0 heterocycles. The van der Waals surface area contributed by atoms with Crippen molar-refractivity contribution in [1.82, 2.24) is 10.6 Å². The van der Waals surface area contributed by atoms with Gasteiger partial charge in [0.05, 0.1) is 0 Å². The van der Waals surface area contributed by atoms with E-state index in [-0.39, 0.29) is 25.4 Å². The molecule has 0 aromatic heterocycles. The number of alkyl carbamates (subject to hydrolysis) is 2. The molecule has 0 radical (unpaired) electrons. The minimum Gasteiger partial charge on any atom is -0.445 e. The fraction of sp³-hybridized carbons (Fsp3) is 0.391. The lowest BCUT2D eigenvalue weighted by Gasteiger charge is -2.08. The van der Waals surface area contributed by atoms with Crippen LogP contribution in [0.25, 0.3) is 0 Å². The van der Waals surface area contributed by atoms with Crippen LogP contribution in [0.2, 0.25) is 0 Å². The lowest BCUT2D eigenvalue weighted by atomic mass is 10.2. The Morgan fingerprint density at radius 1 is 0.677 bits per heavy atom. The third-order valence-electron chi connectivity index (χ3n) is 4.06. The second-order valence-electron chi connectivity index (χ2n) is 6.62. The van der Waals surface area contributed by atoms with Gasteiger partial charge in [-0.3, -0.25) is 0 Å². The molecular weight excluding hydrogens is 432 g/mol. The van der Waals surface area contributed by atoms with Gasteiger partial charge in [0.2, 0.25) is 0 Å². The number of hydrogen-bond acceptors (Lipinski definition) is 6. The second-order valence-corrected chi connectivity index (χ2v) is 9.19. The molecule has 2 aromatic rings. The summed E-state index contributed by atoms with van der Waals surface area (Å²) in [5.74, 6) is 1.96. The summed E-state index contributed by atoms with van der Waals surface area (Å²) in [6, 6.07) is 19.2. The fourth-order valence-electron chi connectivity index (χ4n) is 2.45. The molecule has 0 aliphatic heterocycles. The Morgan fingerprint density at radius 3 is 1.52 bits per heavy atom. The smallest absolute Gasteiger partial charge is 0.407 e. The number of nitrogens with one attached hydrogen (secondary N) is 2. The number of carbonyl (C=O) groups excluding carboxylic acids is 2. The summed E-state index contributed by atoms with van der Waals surface area (Å²) < 4.78 is 10.3. The third kappa shape index (κ3) is 12.9. The Bertz CT molecular complexity index is 684. The van der Waals surface area contributed by atoms with Gasteiger partial charge < -0.3 is 20.1 Å². The maximum atomic E-state index is 11.6. The number of benzene rings is 2. The lowest BCUT2D eigenvalue weighted by molar-refractivity contribution is 0.139. The third-order valence-corrected chi connectivity index (χ3v) is 6.55. The summed E-state index contributed by atoms with van der Waals surface area (Å²) in [4.78, 5) is 23.3. The van der Waals surface area contributed by atoms with Gasteiger partial charge in [0.25, 0.3) is 0 Å². The average molecular weight is 463 g/mol. The molecule has 0 bridgehead atoms. The second kappa shape index (κ2) is 16.4. The quantitative estimate of drug-likeness (QED) is 0.302. The van der Waals surface area contributed by atoms with Crippen LogP contribution >= 0.6 is 23.5 Å². The number of ether oxygens (including phenoxy) is 2. The van der Waals surface area contributed by atoms with E-state index in [4.69, 9.17) is 9.47 Å². The predicted octanol–water partition coefficient (Wildman–Crippen LogP) is 5.04. The molecule has 0 aliphatic rings. The summed E-state index contributed by atoms with van der Waals surface area (Å²) in [6.07, 6.45) is 1.05. The van der Waals surface area contributed by atoms with E-state index >= 15 is 0 Å². The van der Waals surface area contributed by atoms with Gasteiger partial charge in [-0.25, -0.2) is 9.59 Å². The van der Waals surface area contributed by atoms with Crippen molar-refractivity contribution < 1.29 is 19.1 Å². The molecule has 6 nitrogen and oxygen atoms in total. The molecular formula is C23H30N2O4S2. The number of amides is 2. The van der Waals surface area contributed by atoms with E-state index in [1.54, 1.807) is 0 Å². The van der Waals surface area contributed by atoms with Crippen molar-refractivity contribution in [1.29, 1.82) is 0 Å². The zero-order valence-corrected chi connectivity index (χ0v) is 19.2. The molecule has 8 heteroatoms. The number of thioether (sulfide) groups is 2. The highest BCUT2D eigenvalue weighted by molar-refractivity contribution is 8.15. The highest BCUT2D eigenvalue weighted by Crippen LogP contribution is 2.13. The van der Waals surface area contributed by atoms with Gasteiger partial charge in [0.15, 0.2) is 0 Å². The first kappa shape index (κ1) is 24.9. The van der Waals surface area contributed by atoms with E-state index in [0.29, 0.717) is 13.1 Å². The first-order chi connectivity index (χ1) is 15.2. The van der Waals surface area contributed by atoms with E-state index < -0.39 is 0 Å². The van der Waals surface area contributed by atoms with Crippen molar-refractivity contribution in [3.05, 3.63) is 71.8 Å². The van der Waals surface area contributed by atoms with Crippen molar-refractivity contribution in [3.63, 3.8) is 0 Å². The fourth-order valence-corrected chi connectivity index (χ4v) is 4.57. The molecule has 0 fully saturated rings. The van der Waals surface area contributed by atoms with Crippen LogP contribution in [-0.4, -0.2) is 41.9 Å². The highest BCUT2D eigenvalue weighted by atomic mass is 32.2. The van der Waals surface area contributed by atoms with E-state index in [1.807, 2.05) is 84.2 Å². The van der Waals surface area contributed by atoms with Crippen molar-refractivity contribution in [2.75, 3.05) is 29.7 Å². The van der Waals surface area contributed by atoms with E-state index in [1.165, 1.54) is 0 Å². The molecule has 0 atom stereocenters. The molecule has 2 amide bonds. The van der Waals surface area contributed by atoms with Crippen LogP contribution in [0.5, 0.6) is 0 Å². The normalized spacial score (nSPS) is 10.3. The zero-order chi connectivity index (χ0) is 22.0. The van der Waals surface area contributed by atoms with Gasteiger partial charge in [-0.05, 0) is 35.5 Å². The molecule has 168 valence electrons. The molecule has 0 aliphatic carbocycles. The minimum atomic E-state index is -0.377. The van der Waals surface area contributed by atoms with Crippen LogP contribution in [-0.2, 0) is 22.7 Å². The molecule has 0 saturated carbocycles. The van der Waals surface area contributed by atoms with E-state index in [9.17, 15) is 9.59 Å². The Balaban J connectivity index is 1.32. The standard InChI is InChI=1S/C23H30N2O4S2/c26-22(28-17-20-9-3-1-4-10-20)24-13-7-15-30-19-31-16-8-14-25-23(27)29-18-21-11-5-2-6-12-21/h1-6,9-12H,7-8,13-19H2,(H,24,26)(H,25,27). The van der Waals surface area contributed by atoms with Gasteiger partial charge in [0.1, 0.15) is 13.2 Å². The Hall–Kier alpha value is -2.32. The number of hydrogen-bond donors (Lipinski definition) is 2. The number of carbonyl (C=O) groups is 2. The van der Waals surface area contributed by atoms with Crippen molar-refractivity contribution in [2.45, 2.75) is 26.1 Å². The van der Waals surface area contributed by atoms with Crippen LogP contribution in [0.15, 0.2) is 60.7 Å². The monoisotopic (exact) mass is 462 g/mol. The largest absolute Gasteiger partial charge is 0.445 e. The van der Waals surface area contributed by atoms with Crippen molar-refractivity contribution in [2.24, 2.45) is 0 Å². The molecule has 31 heavy (non-hydrogen) atoms. The highest BCUT2D eigenvalue weighted by Gasteiger charge is 2.03. The summed E-state index contributed by atoms with van der Waals surface area (Å²) in [6.45, 7) is 1.80. The van der Waals surface area contributed by atoms with Gasteiger partial charge in [-0.2, -0.15) is 23.5 Å². The van der Waals surface area contributed by atoms with Crippen molar-refractivity contribution in [3.8, 4) is 0 Å². The van der Waals surface area contributed by atoms with Gasteiger partial charge >= 0.3 is 12.2 Å². The molecule has 2 N–H and O–H groups in total. The summed E-state index contributed by atoms with van der Waals surface area (Å²) >= 11 is 3.69. The Kier molecular flexibility index (Phi) is 13.2. The summed E-state index contributed by atoms with van der Waals surface area (Å²) in [5.41, 5.74) is 1.95. The Morgan fingerprint density at radius 2 is 1.10 bits per heavy atom. The molecule has 0 saturated heterocycles. The SMILES string of the molecule is O=C(NCCCSCSCCCNC(=O)OCc1ccccc1)OCc1ccccc1. The van der Waals surface area contributed by atoms with E-state index in [2.05, 4.69) is 10.6 Å². The zero-order valence-electron chi connectivity index (χ0n) is 17.6.